The molecule has 0 bridgehead atoms. The van der Waals surface area contributed by atoms with E-state index in [-0.39, 0.29) is 67.3 Å². The molecule has 188 valence electrons. The fraction of sp³-hybridized carbons (Fsp3) is 0.625. The number of aromatic nitrogens is 3. The number of ketones is 1. The molecule has 5 nitrogen and oxygen atoms in total. The second-order valence-electron chi connectivity index (χ2n) is 9.57. The summed E-state index contributed by atoms with van der Waals surface area (Å²) in [5.74, 6) is 0.226. The van der Waals surface area contributed by atoms with Crippen LogP contribution >= 0.6 is 12.4 Å². The minimum atomic E-state index is -4.15. The maximum atomic E-state index is 13.4. The monoisotopic (exact) mass is 503 g/mol. The van der Waals surface area contributed by atoms with E-state index in [1.165, 1.54) is 12.1 Å². The minimum absolute atomic E-state index is 0. The summed E-state index contributed by atoms with van der Waals surface area (Å²) >= 11 is 0. The van der Waals surface area contributed by atoms with Crippen LogP contribution in [0.2, 0.25) is 0 Å². The van der Waals surface area contributed by atoms with Crippen molar-refractivity contribution in [3.63, 3.8) is 0 Å². The van der Waals surface area contributed by atoms with Gasteiger partial charge in [0.05, 0.1) is 0 Å². The van der Waals surface area contributed by atoms with Gasteiger partial charge in [-0.1, -0.05) is 6.07 Å². The molecule has 1 N–H and O–H groups in total. The van der Waals surface area contributed by atoms with Crippen LogP contribution in [-0.4, -0.2) is 38.4 Å². The highest BCUT2D eigenvalue weighted by Crippen LogP contribution is 2.49. The number of hydrogen-bond acceptors (Lipinski definition) is 4. The van der Waals surface area contributed by atoms with Gasteiger partial charge in [-0.3, -0.25) is 4.79 Å². The zero-order valence-corrected chi connectivity index (χ0v) is 19.8. The van der Waals surface area contributed by atoms with Gasteiger partial charge in [-0.2, -0.15) is 13.2 Å². The highest BCUT2D eigenvalue weighted by molar-refractivity contribution is 5.85. The highest BCUT2D eigenvalue weighted by Gasteiger charge is 2.43. The Labute approximate surface area is 202 Å². The first kappa shape index (κ1) is 26.6. The van der Waals surface area contributed by atoms with E-state index in [0.29, 0.717) is 30.7 Å². The van der Waals surface area contributed by atoms with Gasteiger partial charge >= 0.3 is 6.18 Å². The van der Waals surface area contributed by atoms with Crippen molar-refractivity contribution in [2.45, 2.75) is 82.3 Å². The summed E-state index contributed by atoms with van der Waals surface area (Å²) in [5.41, 5.74) is 1.47. The molecule has 2 aromatic rings. The third-order valence-corrected chi connectivity index (χ3v) is 6.79. The Kier molecular flexibility index (Phi) is 8.39. The molecular formula is C24H30ClF4N3O2. The lowest BCUT2D eigenvalue weighted by atomic mass is 9.72. The molecule has 0 spiro atoms. The van der Waals surface area contributed by atoms with Gasteiger partial charge in [-0.15, -0.1) is 22.6 Å². The van der Waals surface area contributed by atoms with Crippen molar-refractivity contribution in [3.8, 4) is 0 Å². The molecule has 2 fully saturated rings. The van der Waals surface area contributed by atoms with Crippen molar-refractivity contribution in [3.05, 3.63) is 46.8 Å². The topological polar surface area (TPSA) is 68.0 Å². The van der Waals surface area contributed by atoms with Crippen LogP contribution in [0.3, 0.4) is 0 Å². The van der Waals surface area contributed by atoms with Crippen molar-refractivity contribution in [1.29, 1.82) is 0 Å². The van der Waals surface area contributed by atoms with E-state index in [9.17, 15) is 27.5 Å². The predicted molar refractivity (Wildman–Crippen MR) is 121 cm³/mol. The van der Waals surface area contributed by atoms with E-state index in [1.807, 2.05) is 4.57 Å². The number of benzene rings is 1. The lowest BCUT2D eigenvalue weighted by molar-refractivity contribution is -0.151. The molecule has 2 aliphatic rings. The largest absolute Gasteiger partial charge is 0.396 e. The second kappa shape index (κ2) is 10.7. The average Bonchev–Trinajstić information content (AvgIpc) is 3.44. The maximum Gasteiger partial charge on any atom is 0.389 e. The summed E-state index contributed by atoms with van der Waals surface area (Å²) in [7, 11) is 0. The molecule has 0 radical (unpaired) electrons. The fourth-order valence-electron chi connectivity index (χ4n) is 4.92. The molecule has 0 aliphatic heterocycles. The standard InChI is InChI=1S/C24H29F4N3O2.ClH/c1-14-8-19(25)3-2-16(14)11-21(33)12-17(6-7-32)22-29-30-23(31(22)20-4-5-20)18-9-15(10-18)13-24(26,27)28;/h2-3,8,15,17-18,20,32H,4-7,9-13H2,1H3;1H/t15?,17-,18?;/m0./s1. The average molecular weight is 504 g/mol. The maximum absolute atomic E-state index is 13.4. The molecule has 1 aromatic carbocycles. The number of alkyl halides is 3. The molecule has 1 heterocycles. The van der Waals surface area contributed by atoms with Gasteiger partial charge < -0.3 is 9.67 Å². The summed E-state index contributed by atoms with van der Waals surface area (Å²) in [6, 6.07) is 4.56. The van der Waals surface area contributed by atoms with Crippen molar-refractivity contribution < 1.29 is 27.5 Å². The molecule has 34 heavy (non-hydrogen) atoms. The Hall–Kier alpha value is -2.00. The summed E-state index contributed by atoms with van der Waals surface area (Å²) in [6.45, 7) is 1.65. The van der Waals surface area contributed by atoms with Gasteiger partial charge in [-0.05, 0) is 68.2 Å². The summed E-state index contributed by atoms with van der Waals surface area (Å²) in [5, 5.41) is 18.3. The first-order chi connectivity index (χ1) is 15.6. The molecule has 10 heteroatoms. The normalized spacial score (nSPS) is 21.0. The van der Waals surface area contributed by atoms with Gasteiger partial charge in [-0.25, -0.2) is 4.39 Å². The van der Waals surface area contributed by atoms with Crippen molar-refractivity contribution >= 4 is 18.2 Å². The van der Waals surface area contributed by atoms with E-state index < -0.39 is 12.6 Å². The summed E-state index contributed by atoms with van der Waals surface area (Å²) in [6.07, 6.45) is -1.45. The van der Waals surface area contributed by atoms with Crippen LogP contribution in [0.25, 0.3) is 0 Å². The van der Waals surface area contributed by atoms with Crippen LogP contribution < -0.4 is 0 Å². The number of halogens is 5. The molecular weight excluding hydrogens is 474 g/mol. The number of aliphatic hydroxyl groups excluding tert-OH is 1. The Morgan fingerprint density at radius 2 is 1.94 bits per heavy atom. The lowest BCUT2D eigenvalue weighted by Gasteiger charge is -2.35. The van der Waals surface area contributed by atoms with E-state index in [2.05, 4.69) is 10.2 Å². The van der Waals surface area contributed by atoms with E-state index in [4.69, 9.17) is 0 Å². The van der Waals surface area contributed by atoms with E-state index in [1.54, 1.807) is 13.0 Å². The van der Waals surface area contributed by atoms with Gasteiger partial charge in [0.25, 0.3) is 0 Å². The fourth-order valence-corrected chi connectivity index (χ4v) is 4.92. The van der Waals surface area contributed by atoms with Crippen LogP contribution in [-0.2, 0) is 11.2 Å². The number of carbonyl (C=O) groups is 1. The van der Waals surface area contributed by atoms with Crippen LogP contribution in [0, 0.1) is 18.7 Å². The SMILES string of the molecule is Cc1cc(F)ccc1CC(=O)C[C@H](CCO)c1nnc(C2CC(CC(F)(F)F)C2)n1C1CC1.Cl. The number of hydrogen-bond donors (Lipinski definition) is 1. The number of carbonyl (C=O) groups excluding carboxylic acids is 1. The van der Waals surface area contributed by atoms with Crippen LogP contribution in [0.1, 0.15) is 85.6 Å². The van der Waals surface area contributed by atoms with Crippen molar-refractivity contribution in [1.82, 2.24) is 14.8 Å². The smallest absolute Gasteiger partial charge is 0.389 e. The Morgan fingerprint density at radius 1 is 1.24 bits per heavy atom. The van der Waals surface area contributed by atoms with E-state index >= 15 is 0 Å². The lowest BCUT2D eigenvalue weighted by Crippen LogP contribution is -2.29. The first-order valence-electron chi connectivity index (χ1n) is 11.5. The molecule has 1 atom stereocenters. The van der Waals surface area contributed by atoms with Crippen LogP contribution in [0.15, 0.2) is 18.2 Å². The van der Waals surface area contributed by atoms with Crippen molar-refractivity contribution in [2.75, 3.05) is 6.61 Å². The molecule has 2 aliphatic carbocycles. The predicted octanol–water partition coefficient (Wildman–Crippen LogP) is 5.60. The molecule has 4 rings (SSSR count). The number of nitrogens with zero attached hydrogens (tertiary/aromatic N) is 3. The molecule has 2 saturated carbocycles. The Balaban J connectivity index is 0.00000324. The van der Waals surface area contributed by atoms with Crippen molar-refractivity contribution in [2.24, 2.45) is 5.92 Å². The molecule has 0 saturated heterocycles. The third-order valence-electron chi connectivity index (χ3n) is 6.79. The van der Waals surface area contributed by atoms with Gasteiger partial charge in [0, 0.05) is 43.7 Å². The summed E-state index contributed by atoms with van der Waals surface area (Å²) in [4.78, 5) is 12.8. The van der Waals surface area contributed by atoms with E-state index in [0.717, 1.165) is 24.2 Å². The number of aryl methyl sites for hydroxylation is 1. The number of aliphatic hydroxyl groups is 1. The first-order valence-corrected chi connectivity index (χ1v) is 11.5. The van der Waals surface area contributed by atoms with Gasteiger partial charge in [0.1, 0.15) is 23.2 Å². The van der Waals surface area contributed by atoms with Gasteiger partial charge in [0.2, 0.25) is 0 Å². The number of rotatable bonds is 10. The highest BCUT2D eigenvalue weighted by atomic mass is 35.5. The Bertz CT molecular complexity index is 1000. The zero-order chi connectivity index (χ0) is 23.8. The number of Topliss-reactive ketones (excluding diaryl/α,β-unsaturated/α-hetero) is 1. The van der Waals surface area contributed by atoms with Crippen LogP contribution in [0.5, 0.6) is 0 Å². The quantitative estimate of drug-likeness (QED) is 0.429. The molecule has 0 unspecified atom stereocenters. The minimum Gasteiger partial charge on any atom is -0.396 e. The summed E-state index contributed by atoms with van der Waals surface area (Å²) < 4.78 is 53.4. The Morgan fingerprint density at radius 3 is 2.53 bits per heavy atom. The second-order valence-corrected chi connectivity index (χ2v) is 9.57. The third kappa shape index (κ3) is 6.36. The van der Waals surface area contributed by atoms with Crippen LogP contribution in [0.4, 0.5) is 17.6 Å². The van der Waals surface area contributed by atoms with Gasteiger partial charge in [0.15, 0.2) is 0 Å². The zero-order valence-electron chi connectivity index (χ0n) is 19.0. The molecule has 0 amide bonds. The molecule has 1 aromatic heterocycles.